The summed E-state index contributed by atoms with van der Waals surface area (Å²) >= 11 is 0. The third-order valence-electron chi connectivity index (χ3n) is 9.04. The molecular weight excluding hydrogens is 590 g/mol. The van der Waals surface area contributed by atoms with Crippen molar-refractivity contribution in [2.75, 3.05) is 6.54 Å². The third kappa shape index (κ3) is 4.88. The van der Waals surface area contributed by atoms with E-state index in [4.69, 9.17) is 0 Å². The number of allylic oxidation sites excluding steroid dienone is 1. The summed E-state index contributed by atoms with van der Waals surface area (Å²) in [5.41, 5.74) is 0.461. The van der Waals surface area contributed by atoms with Crippen LogP contribution in [0.2, 0.25) is 0 Å². The highest BCUT2D eigenvalue weighted by Crippen LogP contribution is 2.52. The molecular formula is C31H30F2N6O4S. The molecule has 1 N–H and O–H groups in total. The van der Waals surface area contributed by atoms with Crippen LogP contribution in [-0.2, 0) is 23.5 Å². The first-order chi connectivity index (χ1) is 21.0. The molecule has 2 fully saturated rings. The van der Waals surface area contributed by atoms with Crippen LogP contribution in [0.5, 0.6) is 0 Å². The van der Waals surface area contributed by atoms with Gasteiger partial charge in [-0.05, 0) is 86.6 Å². The fourth-order valence-corrected chi connectivity index (χ4v) is 8.23. The van der Waals surface area contributed by atoms with E-state index in [2.05, 4.69) is 15.2 Å². The molecule has 7 rings (SSSR count). The molecule has 0 saturated heterocycles. The quantitative estimate of drug-likeness (QED) is 0.297. The number of fused-ring (bicyclic) bond motifs is 2. The third-order valence-corrected chi connectivity index (χ3v) is 10.8. The van der Waals surface area contributed by atoms with Crippen LogP contribution in [0.25, 0.3) is 11.8 Å². The molecule has 4 aromatic rings. The van der Waals surface area contributed by atoms with E-state index in [0.29, 0.717) is 31.4 Å². The second-order valence-electron chi connectivity index (χ2n) is 12.1. The zero-order valence-corrected chi connectivity index (χ0v) is 24.7. The molecule has 1 aromatic carbocycles. The molecule has 3 aliphatic rings. The maximum atomic E-state index is 14.4. The van der Waals surface area contributed by atoms with E-state index < -0.39 is 38.7 Å². The molecule has 13 heteroatoms. The predicted octanol–water partition coefficient (Wildman–Crippen LogP) is 3.86. The van der Waals surface area contributed by atoms with Crippen molar-refractivity contribution < 1.29 is 27.1 Å². The summed E-state index contributed by atoms with van der Waals surface area (Å²) < 4.78 is 60.4. The average Bonchev–Trinajstić information content (AvgIpc) is 3.35. The van der Waals surface area contributed by atoms with Gasteiger partial charge in [0.15, 0.2) is 10.8 Å². The number of ketones is 1. The Hall–Kier alpha value is -4.07. The van der Waals surface area contributed by atoms with Gasteiger partial charge in [-0.15, -0.1) is 0 Å². The molecule has 0 radical (unpaired) electrons. The number of hydrogen-bond acceptors (Lipinski definition) is 7. The van der Waals surface area contributed by atoms with Crippen LogP contribution in [-0.4, -0.2) is 66.3 Å². The van der Waals surface area contributed by atoms with Gasteiger partial charge in [-0.1, -0.05) is 5.57 Å². The van der Waals surface area contributed by atoms with Crippen LogP contribution >= 0.6 is 0 Å². The van der Waals surface area contributed by atoms with Crippen LogP contribution in [0, 0.1) is 17.0 Å². The van der Waals surface area contributed by atoms with Crippen LogP contribution in [0.4, 0.5) is 8.78 Å². The van der Waals surface area contributed by atoms with Gasteiger partial charge in [0.25, 0.3) is 10.0 Å². The van der Waals surface area contributed by atoms with Crippen LogP contribution in [0.1, 0.15) is 53.8 Å². The lowest BCUT2D eigenvalue weighted by Crippen LogP contribution is -2.52. The minimum Gasteiger partial charge on any atom is -0.389 e. The Bertz CT molecular complexity index is 1910. The van der Waals surface area contributed by atoms with E-state index in [0.717, 1.165) is 29.0 Å². The lowest BCUT2D eigenvalue weighted by Gasteiger charge is -2.46. The fourth-order valence-electron chi connectivity index (χ4n) is 6.55. The highest BCUT2D eigenvalue weighted by atomic mass is 32.2. The van der Waals surface area contributed by atoms with Gasteiger partial charge in [0.05, 0.1) is 28.6 Å². The summed E-state index contributed by atoms with van der Waals surface area (Å²) in [5.74, 6) is -1.39. The molecule has 3 aromatic heterocycles. The number of benzene rings is 1. The molecule has 0 aliphatic heterocycles. The van der Waals surface area contributed by atoms with Gasteiger partial charge >= 0.3 is 0 Å². The van der Waals surface area contributed by atoms with E-state index in [-0.39, 0.29) is 35.9 Å². The number of sulfonamides is 1. The molecule has 3 heterocycles. The second kappa shape index (κ2) is 10.2. The zero-order chi connectivity index (χ0) is 30.9. The smallest absolute Gasteiger partial charge is 0.262 e. The number of aromatic nitrogens is 5. The molecule has 44 heavy (non-hydrogen) atoms. The Balaban J connectivity index is 1.33. The highest BCUT2D eigenvalue weighted by Gasteiger charge is 2.54. The first kappa shape index (κ1) is 28.7. The second-order valence-corrected chi connectivity index (χ2v) is 13.9. The summed E-state index contributed by atoms with van der Waals surface area (Å²) in [6.07, 6.45) is 8.32. The van der Waals surface area contributed by atoms with Crippen molar-refractivity contribution in [3.63, 3.8) is 0 Å². The van der Waals surface area contributed by atoms with Gasteiger partial charge in [-0.2, -0.15) is 14.5 Å². The number of carbonyl (C=O) groups excluding carboxylic acids is 1. The molecule has 0 bridgehead atoms. The largest absolute Gasteiger partial charge is 0.389 e. The molecule has 228 valence electrons. The molecule has 3 aliphatic carbocycles. The summed E-state index contributed by atoms with van der Waals surface area (Å²) in [5, 5.41) is 19.5. The van der Waals surface area contributed by atoms with Crippen molar-refractivity contribution in [2.24, 2.45) is 12.5 Å². The predicted molar refractivity (Wildman–Crippen MR) is 155 cm³/mol. The summed E-state index contributed by atoms with van der Waals surface area (Å²) in [6.45, 7) is -0.119. The minimum absolute atomic E-state index is 0.0501. The number of aryl methyl sites for hydroxylation is 1. The Labute approximate surface area is 252 Å². The topological polar surface area (TPSA) is 123 Å². The van der Waals surface area contributed by atoms with E-state index in [1.165, 1.54) is 33.4 Å². The van der Waals surface area contributed by atoms with Crippen molar-refractivity contribution >= 4 is 21.9 Å². The molecule has 2 saturated carbocycles. The first-order valence-electron chi connectivity index (χ1n) is 14.4. The van der Waals surface area contributed by atoms with E-state index in [9.17, 15) is 27.1 Å². The van der Waals surface area contributed by atoms with Crippen LogP contribution < -0.4 is 0 Å². The number of halogens is 2. The Morgan fingerprint density at radius 2 is 1.91 bits per heavy atom. The van der Waals surface area contributed by atoms with Crippen molar-refractivity contribution in [1.82, 2.24) is 28.9 Å². The normalized spacial score (nSPS) is 22.3. The summed E-state index contributed by atoms with van der Waals surface area (Å²) in [6, 6.07) is 8.95. The van der Waals surface area contributed by atoms with Crippen LogP contribution in [0.15, 0.2) is 71.7 Å². The number of nitrogens with zero attached hydrogens (tertiary/aromatic N) is 6. The monoisotopic (exact) mass is 620 g/mol. The van der Waals surface area contributed by atoms with Crippen molar-refractivity contribution in [3.05, 3.63) is 95.2 Å². The maximum absolute atomic E-state index is 14.4. The number of rotatable bonds is 8. The molecule has 0 unspecified atom stereocenters. The van der Waals surface area contributed by atoms with Gasteiger partial charge in [0.2, 0.25) is 0 Å². The first-order valence-corrected chi connectivity index (χ1v) is 15.9. The van der Waals surface area contributed by atoms with E-state index >= 15 is 0 Å². The minimum atomic E-state index is -4.14. The average molecular weight is 621 g/mol. The Kier molecular flexibility index (Phi) is 6.68. The van der Waals surface area contributed by atoms with E-state index in [1.807, 2.05) is 6.08 Å². The number of aliphatic hydroxyl groups is 1. The molecule has 10 nitrogen and oxygen atoms in total. The van der Waals surface area contributed by atoms with E-state index in [1.54, 1.807) is 36.3 Å². The molecule has 2 atom stereocenters. The van der Waals surface area contributed by atoms with Crippen molar-refractivity contribution in [2.45, 2.75) is 55.2 Å². The van der Waals surface area contributed by atoms with Crippen LogP contribution in [0.3, 0.4) is 0 Å². The van der Waals surface area contributed by atoms with Gasteiger partial charge in [0, 0.05) is 38.1 Å². The number of carbonyl (C=O) groups is 1. The molecule has 0 spiro atoms. The van der Waals surface area contributed by atoms with Gasteiger partial charge in [-0.25, -0.2) is 21.9 Å². The number of pyridine rings is 1. The van der Waals surface area contributed by atoms with Gasteiger partial charge in [-0.3, -0.25) is 14.5 Å². The summed E-state index contributed by atoms with van der Waals surface area (Å²) in [4.78, 5) is 18.6. The van der Waals surface area contributed by atoms with Gasteiger partial charge < -0.3 is 5.11 Å². The molecule has 0 amide bonds. The summed E-state index contributed by atoms with van der Waals surface area (Å²) in [7, 11) is -2.52. The fraction of sp³-hybridized carbons (Fsp3) is 0.355. The standard InChI is InChI=1S/C31H30F2N6O4S/c1-37-13-9-28(36-37)44(42,43)38(19-30(41)10-11-30)25-5-2-21-14-27-20(18-35-39(27)24-6-3-22(32)4-7-24)16-31(21,17-25)29(40)26-15-23(33)8-12-34-26/h3-4,6-9,12-15,18,25,41H,2,5,10-11,16-17,19H2,1H3/t25-,31-/m0/s1. The number of Topliss-reactive ketones (excluding diaryl/α,β-unsaturated/α-hetero) is 1. The number of hydrogen-bond donors (Lipinski definition) is 1. The lowest BCUT2D eigenvalue weighted by atomic mass is 9.60. The highest BCUT2D eigenvalue weighted by molar-refractivity contribution is 7.89. The Morgan fingerprint density at radius 3 is 2.59 bits per heavy atom. The van der Waals surface area contributed by atoms with Gasteiger partial charge in [0.1, 0.15) is 17.3 Å². The Morgan fingerprint density at radius 1 is 1.14 bits per heavy atom. The van der Waals surface area contributed by atoms with Crippen molar-refractivity contribution in [1.29, 1.82) is 0 Å². The van der Waals surface area contributed by atoms with Crippen molar-refractivity contribution in [3.8, 4) is 5.69 Å². The zero-order valence-electron chi connectivity index (χ0n) is 23.9. The maximum Gasteiger partial charge on any atom is 0.262 e. The SMILES string of the molecule is Cn1ccc(S(=O)(=O)N(CC2(O)CC2)[C@H]2CCC3=Cc4c(cnn4-c4ccc(F)cc4)C[C@]3(C(=O)c3cc(F)ccn3)C2)n1. The lowest BCUT2D eigenvalue weighted by molar-refractivity contribution is 0.0664.